The van der Waals surface area contributed by atoms with Crippen molar-refractivity contribution in [3.05, 3.63) is 12.5 Å². The van der Waals surface area contributed by atoms with Crippen LogP contribution in [0.15, 0.2) is 12.5 Å². The van der Waals surface area contributed by atoms with Gasteiger partial charge in [-0.15, -0.1) is 0 Å². The fourth-order valence-corrected chi connectivity index (χ4v) is 3.42. The van der Waals surface area contributed by atoms with Crippen molar-refractivity contribution in [2.45, 2.75) is 46.2 Å². The smallest absolute Gasteiger partial charge is 0.163 e. The van der Waals surface area contributed by atoms with Gasteiger partial charge in [0, 0.05) is 38.8 Å². The van der Waals surface area contributed by atoms with Crippen LogP contribution < -0.4 is 4.90 Å². The maximum absolute atomic E-state index is 5.50. The highest BCUT2D eigenvalue weighted by Crippen LogP contribution is 2.27. The van der Waals surface area contributed by atoms with Crippen LogP contribution in [0.25, 0.3) is 11.0 Å². The number of hydrogen-bond donors (Lipinski definition) is 0. The molecule has 138 valence electrons. The van der Waals surface area contributed by atoms with Crippen molar-refractivity contribution in [2.75, 3.05) is 44.3 Å². The molecule has 0 bridgehead atoms. The van der Waals surface area contributed by atoms with E-state index in [1.807, 2.05) is 17.8 Å². The van der Waals surface area contributed by atoms with E-state index in [-0.39, 0.29) is 5.54 Å². The van der Waals surface area contributed by atoms with Crippen molar-refractivity contribution >= 4 is 16.9 Å². The van der Waals surface area contributed by atoms with E-state index in [1.54, 1.807) is 6.33 Å². The lowest BCUT2D eigenvalue weighted by Gasteiger charge is -2.40. The fraction of sp³-hybridized carbons (Fsp3) is 0.722. The van der Waals surface area contributed by atoms with E-state index < -0.39 is 0 Å². The average Bonchev–Trinajstić information content (AvgIpc) is 3.00. The summed E-state index contributed by atoms with van der Waals surface area (Å²) >= 11 is 0. The highest BCUT2D eigenvalue weighted by Gasteiger charge is 2.27. The second-order valence-electron chi connectivity index (χ2n) is 7.69. The van der Waals surface area contributed by atoms with E-state index >= 15 is 0 Å². The molecule has 0 amide bonds. The summed E-state index contributed by atoms with van der Waals surface area (Å²) in [7, 11) is 0. The molecule has 3 rings (SSSR count). The topological polar surface area (TPSA) is 59.3 Å². The van der Waals surface area contributed by atoms with Crippen LogP contribution in [0.3, 0.4) is 0 Å². The molecule has 1 atom stereocenters. The lowest BCUT2D eigenvalue weighted by molar-refractivity contribution is 0.0925. The van der Waals surface area contributed by atoms with E-state index in [1.165, 1.54) is 0 Å². The van der Waals surface area contributed by atoms with Gasteiger partial charge in [0.05, 0.1) is 23.7 Å². The Kier molecular flexibility index (Phi) is 5.24. The minimum atomic E-state index is -0.0986. The van der Waals surface area contributed by atoms with E-state index in [0.717, 1.165) is 56.2 Å². The van der Waals surface area contributed by atoms with Gasteiger partial charge in [-0.2, -0.15) is 5.10 Å². The first-order chi connectivity index (χ1) is 11.9. The number of anilines is 1. The maximum Gasteiger partial charge on any atom is 0.163 e. The summed E-state index contributed by atoms with van der Waals surface area (Å²) in [4.78, 5) is 13.9. The lowest BCUT2D eigenvalue weighted by atomic mass is 10.1. The highest BCUT2D eigenvalue weighted by molar-refractivity contribution is 5.86. The molecule has 1 saturated heterocycles. The van der Waals surface area contributed by atoms with Gasteiger partial charge >= 0.3 is 0 Å². The molecular weight excluding hydrogens is 316 g/mol. The van der Waals surface area contributed by atoms with Crippen LogP contribution in [0.5, 0.6) is 0 Å². The Morgan fingerprint density at radius 1 is 1.24 bits per heavy atom. The second-order valence-corrected chi connectivity index (χ2v) is 7.69. The Balaban J connectivity index is 1.78. The van der Waals surface area contributed by atoms with Gasteiger partial charge in [-0.1, -0.05) is 0 Å². The van der Waals surface area contributed by atoms with Crippen molar-refractivity contribution in [3.8, 4) is 0 Å². The summed E-state index contributed by atoms with van der Waals surface area (Å²) < 4.78 is 7.48. The molecule has 1 fully saturated rings. The Hall–Kier alpha value is -1.73. The Labute approximate surface area is 150 Å². The predicted molar refractivity (Wildman–Crippen MR) is 100 cm³/mol. The van der Waals surface area contributed by atoms with Crippen LogP contribution in [0.2, 0.25) is 0 Å². The predicted octanol–water partition coefficient (Wildman–Crippen LogP) is 2.13. The third-order valence-corrected chi connectivity index (χ3v) is 4.77. The van der Waals surface area contributed by atoms with Gasteiger partial charge in [0.15, 0.2) is 5.65 Å². The minimum absolute atomic E-state index is 0.0986. The van der Waals surface area contributed by atoms with Crippen LogP contribution >= 0.6 is 0 Å². The number of aromatic nitrogens is 4. The molecule has 1 aliphatic rings. The van der Waals surface area contributed by atoms with E-state index in [2.05, 4.69) is 52.6 Å². The standard InChI is InChI=1S/C18H30N6O/c1-6-25-10-9-22-7-8-23(12-14(22)2)16-15-11-21-24(18(3,4)5)17(15)20-13-19-16/h11,13-14H,6-10,12H2,1-5H3/t14-/m1/s1. The lowest BCUT2D eigenvalue weighted by Crippen LogP contribution is -2.53. The fourth-order valence-electron chi connectivity index (χ4n) is 3.42. The van der Waals surface area contributed by atoms with Crippen molar-refractivity contribution in [2.24, 2.45) is 0 Å². The molecule has 2 aromatic rings. The van der Waals surface area contributed by atoms with Crippen LogP contribution in [0.1, 0.15) is 34.6 Å². The zero-order valence-electron chi connectivity index (χ0n) is 16.1. The monoisotopic (exact) mass is 346 g/mol. The molecule has 0 aliphatic carbocycles. The molecule has 0 unspecified atom stereocenters. The molecule has 2 aromatic heterocycles. The number of rotatable bonds is 5. The molecule has 0 radical (unpaired) electrons. The van der Waals surface area contributed by atoms with Gasteiger partial charge in [0.2, 0.25) is 0 Å². The summed E-state index contributed by atoms with van der Waals surface area (Å²) in [6, 6.07) is 0.469. The van der Waals surface area contributed by atoms with Gasteiger partial charge in [0.25, 0.3) is 0 Å². The summed E-state index contributed by atoms with van der Waals surface area (Å²) in [5.41, 5.74) is 0.808. The molecule has 1 aliphatic heterocycles. The zero-order chi connectivity index (χ0) is 18.0. The largest absolute Gasteiger partial charge is 0.380 e. The molecule has 25 heavy (non-hydrogen) atoms. The average molecular weight is 346 g/mol. The molecule has 7 nitrogen and oxygen atoms in total. The highest BCUT2D eigenvalue weighted by atomic mass is 16.5. The van der Waals surface area contributed by atoms with Crippen LogP contribution in [0.4, 0.5) is 5.82 Å². The zero-order valence-corrected chi connectivity index (χ0v) is 16.1. The third kappa shape index (κ3) is 3.77. The number of piperazine rings is 1. The number of ether oxygens (including phenoxy) is 1. The van der Waals surface area contributed by atoms with Crippen LogP contribution in [-0.2, 0) is 10.3 Å². The molecule has 0 aromatic carbocycles. The van der Waals surface area contributed by atoms with E-state index in [0.29, 0.717) is 6.04 Å². The number of hydrogen-bond acceptors (Lipinski definition) is 6. The SMILES string of the molecule is CCOCCN1CCN(c2ncnc3c2cnn3C(C)(C)C)C[C@H]1C. The summed E-state index contributed by atoms with van der Waals surface area (Å²) in [6.07, 6.45) is 3.57. The molecule has 0 N–H and O–H groups in total. The molecule has 3 heterocycles. The normalized spacial score (nSPS) is 19.7. The van der Waals surface area contributed by atoms with Crippen molar-refractivity contribution in [1.29, 1.82) is 0 Å². The third-order valence-electron chi connectivity index (χ3n) is 4.77. The van der Waals surface area contributed by atoms with Crippen LogP contribution in [0, 0.1) is 0 Å². The Morgan fingerprint density at radius 3 is 2.72 bits per heavy atom. The summed E-state index contributed by atoms with van der Waals surface area (Å²) in [5.74, 6) is 0.997. The summed E-state index contributed by atoms with van der Waals surface area (Å²) in [5, 5.41) is 5.60. The van der Waals surface area contributed by atoms with Gasteiger partial charge in [-0.25, -0.2) is 14.6 Å². The number of fused-ring (bicyclic) bond motifs is 1. The first-order valence-electron chi connectivity index (χ1n) is 9.17. The quantitative estimate of drug-likeness (QED) is 0.773. The minimum Gasteiger partial charge on any atom is -0.380 e. The Bertz CT molecular complexity index is 707. The van der Waals surface area contributed by atoms with E-state index in [4.69, 9.17) is 4.74 Å². The molecule has 7 heteroatoms. The van der Waals surface area contributed by atoms with Gasteiger partial charge < -0.3 is 9.64 Å². The number of nitrogens with zero attached hydrogens (tertiary/aromatic N) is 6. The second kappa shape index (κ2) is 7.25. The Morgan fingerprint density at radius 2 is 2.04 bits per heavy atom. The first-order valence-corrected chi connectivity index (χ1v) is 9.17. The van der Waals surface area contributed by atoms with Crippen molar-refractivity contribution in [1.82, 2.24) is 24.6 Å². The van der Waals surface area contributed by atoms with Crippen molar-refractivity contribution in [3.63, 3.8) is 0 Å². The van der Waals surface area contributed by atoms with Gasteiger partial charge in [0.1, 0.15) is 12.1 Å². The van der Waals surface area contributed by atoms with Gasteiger partial charge in [-0.3, -0.25) is 4.90 Å². The first kappa shape index (κ1) is 18.1. The molecule has 0 spiro atoms. The van der Waals surface area contributed by atoms with Gasteiger partial charge in [-0.05, 0) is 34.6 Å². The maximum atomic E-state index is 5.50. The van der Waals surface area contributed by atoms with Crippen molar-refractivity contribution < 1.29 is 4.74 Å². The van der Waals surface area contributed by atoms with Crippen LogP contribution in [-0.4, -0.2) is 70.1 Å². The summed E-state index contributed by atoms with van der Waals surface area (Å²) in [6.45, 7) is 16.2. The van der Waals surface area contributed by atoms with E-state index in [9.17, 15) is 0 Å². The molecule has 0 saturated carbocycles. The molecular formula is C18H30N6O.